The molecule has 1 saturated carbocycles. The molecule has 1 aromatic carbocycles. The Morgan fingerprint density at radius 2 is 2.27 bits per heavy atom. The minimum Gasteiger partial charge on any atom is -0.308 e. The first kappa shape index (κ1) is 10.1. The quantitative estimate of drug-likeness (QED) is 0.334. The second-order valence-electron chi connectivity index (χ2n) is 3.84. The molecule has 0 saturated heterocycles. The van der Waals surface area contributed by atoms with Crippen LogP contribution in [0.15, 0.2) is 23.2 Å². The van der Waals surface area contributed by atoms with Gasteiger partial charge in [-0.3, -0.25) is 4.99 Å². The van der Waals surface area contributed by atoms with Crippen LogP contribution in [0.25, 0.3) is 0 Å². The van der Waals surface area contributed by atoms with E-state index in [0.29, 0.717) is 17.4 Å². The number of halogens is 1. The summed E-state index contributed by atoms with van der Waals surface area (Å²) in [6.07, 6.45) is 2.14. The van der Waals surface area contributed by atoms with Gasteiger partial charge < -0.3 is 5.43 Å². The molecule has 0 bridgehead atoms. The maximum atomic E-state index is 13.5. The molecule has 0 unspecified atom stereocenters. The first-order valence-electron chi connectivity index (χ1n) is 5.01. The van der Waals surface area contributed by atoms with E-state index in [0.717, 1.165) is 18.4 Å². The molecule has 15 heavy (non-hydrogen) atoms. The Morgan fingerprint density at radius 1 is 1.53 bits per heavy atom. The summed E-state index contributed by atoms with van der Waals surface area (Å²) in [5.74, 6) is 5.50. The second kappa shape index (κ2) is 3.98. The number of benzene rings is 1. The van der Waals surface area contributed by atoms with E-state index in [1.807, 2.05) is 6.92 Å². The van der Waals surface area contributed by atoms with E-state index in [1.54, 1.807) is 12.1 Å². The third-order valence-electron chi connectivity index (χ3n) is 2.37. The van der Waals surface area contributed by atoms with Crippen molar-refractivity contribution in [2.45, 2.75) is 25.8 Å². The van der Waals surface area contributed by atoms with E-state index in [9.17, 15) is 4.39 Å². The van der Waals surface area contributed by atoms with Crippen LogP contribution >= 0.6 is 0 Å². The molecular formula is C11H14FN3. The van der Waals surface area contributed by atoms with Crippen molar-refractivity contribution in [3.63, 3.8) is 0 Å². The van der Waals surface area contributed by atoms with Gasteiger partial charge >= 0.3 is 0 Å². The van der Waals surface area contributed by atoms with E-state index in [2.05, 4.69) is 10.4 Å². The first-order valence-corrected chi connectivity index (χ1v) is 5.01. The van der Waals surface area contributed by atoms with Crippen LogP contribution in [0.1, 0.15) is 24.0 Å². The number of nitrogens with zero attached hydrogens (tertiary/aromatic N) is 1. The molecule has 4 heteroatoms. The highest BCUT2D eigenvalue weighted by molar-refractivity contribution is 5.99. The standard InChI is InChI=1S/C11H14FN3/c1-7-2-5-10(12)9(6-7)11(15-13)14-8-3-4-8/h2,5-6,8H,3-4,13H2,1H3,(H,14,15). The van der Waals surface area contributed by atoms with E-state index < -0.39 is 0 Å². The fraction of sp³-hybridized carbons (Fsp3) is 0.364. The molecule has 3 nitrogen and oxygen atoms in total. The molecule has 0 radical (unpaired) electrons. The van der Waals surface area contributed by atoms with Gasteiger partial charge in [-0.15, -0.1) is 0 Å². The Labute approximate surface area is 88.2 Å². The third-order valence-corrected chi connectivity index (χ3v) is 2.37. The van der Waals surface area contributed by atoms with E-state index >= 15 is 0 Å². The van der Waals surface area contributed by atoms with Gasteiger partial charge in [0.05, 0.1) is 11.6 Å². The van der Waals surface area contributed by atoms with Crippen LogP contribution in [0.5, 0.6) is 0 Å². The highest BCUT2D eigenvalue weighted by Gasteiger charge is 2.22. The topological polar surface area (TPSA) is 50.4 Å². The van der Waals surface area contributed by atoms with Gasteiger partial charge in [-0.25, -0.2) is 10.2 Å². The van der Waals surface area contributed by atoms with E-state index in [4.69, 9.17) is 5.84 Å². The molecule has 1 aliphatic carbocycles. The van der Waals surface area contributed by atoms with Crippen LogP contribution in [0.4, 0.5) is 4.39 Å². The van der Waals surface area contributed by atoms with Crippen molar-refractivity contribution in [1.29, 1.82) is 0 Å². The summed E-state index contributed by atoms with van der Waals surface area (Å²) in [5.41, 5.74) is 3.91. The molecule has 0 aliphatic heterocycles. The smallest absolute Gasteiger partial charge is 0.145 e. The second-order valence-corrected chi connectivity index (χ2v) is 3.84. The summed E-state index contributed by atoms with van der Waals surface area (Å²) in [6, 6.07) is 5.22. The minimum absolute atomic E-state index is 0.294. The van der Waals surface area contributed by atoms with Crippen molar-refractivity contribution in [3.05, 3.63) is 35.1 Å². The lowest BCUT2D eigenvalue weighted by Crippen LogP contribution is -2.32. The molecule has 2 rings (SSSR count). The monoisotopic (exact) mass is 207 g/mol. The number of hydrazine groups is 1. The van der Waals surface area contributed by atoms with Crippen molar-refractivity contribution in [2.75, 3.05) is 0 Å². The Hall–Kier alpha value is -1.42. The van der Waals surface area contributed by atoms with Crippen LogP contribution in [0.3, 0.4) is 0 Å². The Kier molecular flexibility index (Phi) is 2.68. The molecule has 0 aromatic heterocycles. The molecule has 80 valence electrons. The van der Waals surface area contributed by atoms with Gasteiger partial charge in [0.1, 0.15) is 11.7 Å². The van der Waals surface area contributed by atoms with Gasteiger partial charge in [0.25, 0.3) is 0 Å². The van der Waals surface area contributed by atoms with Crippen molar-refractivity contribution in [1.82, 2.24) is 5.43 Å². The van der Waals surface area contributed by atoms with E-state index in [1.165, 1.54) is 6.07 Å². The Balaban J connectivity index is 2.36. The molecule has 0 amide bonds. The van der Waals surface area contributed by atoms with Gasteiger partial charge in [0.2, 0.25) is 0 Å². The molecular weight excluding hydrogens is 193 g/mol. The lowest BCUT2D eigenvalue weighted by molar-refractivity contribution is 0.623. The zero-order chi connectivity index (χ0) is 10.8. The maximum absolute atomic E-state index is 13.5. The maximum Gasteiger partial charge on any atom is 0.145 e. The zero-order valence-electron chi connectivity index (χ0n) is 8.63. The summed E-state index contributed by atoms with van der Waals surface area (Å²) in [7, 11) is 0. The predicted molar refractivity (Wildman–Crippen MR) is 58.0 cm³/mol. The number of rotatable bonds is 2. The summed E-state index contributed by atoms with van der Waals surface area (Å²) >= 11 is 0. The molecule has 0 heterocycles. The summed E-state index contributed by atoms with van der Waals surface area (Å²) in [4.78, 5) is 4.32. The average molecular weight is 207 g/mol. The molecule has 1 aliphatic rings. The van der Waals surface area contributed by atoms with Crippen LogP contribution in [0, 0.1) is 12.7 Å². The van der Waals surface area contributed by atoms with Crippen LogP contribution in [0.2, 0.25) is 0 Å². The number of hydrogen-bond acceptors (Lipinski definition) is 2. The number of nitrogens with one attached hydrogen (secondary N) is 1. The summed E-state index contributed by atoms with van der Waals surface area (Å²) < 4.78 is 13.5. The van der Waals surface area contributed by atoms with Gasteiger partial charge in [-0.1, -0.05) is 11.6 Å². The lowest BCUT2D eigenvalue weighted by Gasteiger charge is -2.07. The zero-order valence-corrected chi connectivity index (χ0v) is 8.63. The Morgan fingerprint density at radius 3 is 2.87 bits per heavy atom. The van der Waals surface area contributed by atoms with Gasteiger partial charge in [0.15, 0.2) is 0 Å². The van der Waals surface area contributed by atoms with Crippen LogP contribution in [-0.4, -0.2) is 11.9 Å². The molecule has 1 aromatic rings. The summed E-state index contributed by atoms with van der Waals surface area (Å²) in [5, 5.41) is 0. The number of aliphatic imine (C=N–C) groups is 1. The number of aryl methyl sites for hydroxylation is 1. The van der Waals surface area contributed by atoms with E-state index in [-0.39, 0.29) is 5.82 Å². The van der Waals surface area contributed by atoms with Gasteiger partial charge in [0, 0.05) is 0 Å². The van der Waals surface area contributed by atoms with Crippen LogP contribution < -0.4 is 11.3 Å². The molecule has 0 spiro atoms. The largest absolute Gasteiger partial charge is 0.308 e. The van der Waals surface area contributed by atoms with Crippen molar-refractivity contribution in [3.8, 4) is 0 Å². The first-order chi connectivity index (χ1) is 7.20. The molecule has 0 atom stereocenters. The predicted octanol–water partition coefficient (Wildman–Crippen LogP) is 1.51. The Bertz CT molecular complexity index is 397. The fourth-order valence-corrected chi connectivity index (χ4v) is 1.39. The van der Waals surface area contributed by atoms with Gasteiger partial charge in [-0.05, 0) is 31.9 Å². The highest BCUT2D eigenvalue weighted by atomic mass is 19.1. The number of hydrogen-bond donors (Lipinski definition) is 2. The average Bonchev–Trinajstić information content (AvgIpc) is 3.02. The lowest BCUT2D eigenvalue weighted by atomic mass is 10.1. The molecule has 1 fully saturated rings. The van der Waals surface area contributed by atoms with Gasteiger partial charge in [-0.2, -0.15) is 0 Å². The van der Waals surface area contributed by atoms with Crippen molar-refractivity contribution >= 4 is 5.84 Å². The molecule has 3 N–H and O–H groups in total. The number of nitrogens with two attached hydrogens (primary N) is 1. The summed E-state index contributed by atoms with van der Waals surface area (Å²) in [6.45, 7) is 1.91. The SMILES string of the molecule is Cc1ccc(F)c(C(=NC2CC2)NN)c1. The third kappa shape index (κ3) is 2.33. The van der Waals surface area contributed by atoms with Crippen LogP contribution in [-0.2, 0) is 0 Å². The van der Waals surface area contributed by atoms with Crippen molar-refractivity contribution in [2.24, 2.45) is 10.8 Å². The highest BCUT2D eigenvalue weighted by Crippen LogP contribution is 2.24. The number of amidine groups is 1. The minimum atomic E-state index is -0.294. The van der Waals surface area contributed by atoms with Crippen molar-refractivity contribution < 1.29 is 4.39 Å². The fourth-order valence-electron chi connectivity index (χ4n) is 1.39. The normalized spacial score (nSPS) is 16.6.